The van der Waals surface area contributed by atoms with Crippen LogP contribution in [-0.2, 0) is 25.0 Å². The number of imide groups is 1. The highest BCUT2D eigenvalue weighted by Crippen LogP contribution is 2.52. The van der Waals surface area contributed by atoms with Gasteiger partial charge in [-0.3, -0.25) is 9.09 Å². The van der Waals surface area contributed by atoms with Crippen molar-refractivity contribution in [3.8, 4) is 0 Å². The Balaban J connectivity index is 1.93. The zero-order chi connectivity index (χ0) is 27.8. The number of amides is 2. The zero-order valence-electron chi connectivity index (χ0n) is 21.5. The molecule has 0 aliphatic carbocycles. The van der Waals surface area contributed by atoms with E-state index in [1.807, 2.05) is 0 Å². The van der Waals surface area contributed by atoms with Crippen molar-refractivity contribution < 1.29 is 42.7 Å². The van der Waals surface area contributed by atoms with Crippen molar-refractivity contribution in [2.24, 2.45) is 5.73 Å². The van der Waals surface area contributed by atoms with Crippen LogP contribution in [0, 0.1) is 0 Å². The highest BCUT2D eigenvalue weighted by Gasteiger charge is 2.56. The Morgan fingerprint density at radius 1 is 1.08 bits per heavy atom. The number of carbonyl (C=O) groups excluding carboxylic acids is 2. The third-order valence-electron chi connectivity index (χ3n) is 6.96. The lowest BCUT2D eigenvalue weighted by Gasteiger charge is -2.34. The fraction of sp³-hybridized carbons (Fsp3) is 0.444. The summed E-state index contributed by atoms with van der Waals surface area (Å²) in [5.41, 5.74) is 6.39. The van der Waals surface area contributed by atoms with E-state index in [0.29, 0.717) is 37.8 Å². The second-order valence-corrected chi connectivity index (χ2v) is 11.5. The van der Waals surface area contributed by atoms with Gasteiger partial charge in [0.15, 0.2) is 6.10 Å². The number of likely N-dealkylation sites (tertiary alicyclic amines) is 1. The predicted molar refractivity (Wildman–Crippen MR) is 140 cm³/mol. The smallest absolute Gasteiger partial charge is 0.445 e. The molecule has 1 fully saturated rings. The number of carbonyl (C=O) groups is 3. The van der Waals surface area contributed by atoms with E-state index < -0.39 is 48.0 Å². The Hall–Kier alpha value is -2.88. The van der Waals surface area contributed by atoms with Gasteiger partial charge in [0.1, 0.15) is 6.04 Å². The molecule has 38 heavy (non-hydrogen) atoms. The highest BCUT2D eigenvalue weighted by molar-refractivity contribution is 7.53. The number of nitrogens with zero attached hydrogens (tertiary/aromatic N) is 1. The number of quaternary nitrogens is 1. The van der Waals surface area contributed by atoms with Gasteiger partial charge >= 0.3 is 25.6 Å². The van der Waals surface area contributed by atoms with Crippen LogP contribution in [0.3, 0.4) is 0 Å². The van der Waals surface area contributed by atoms with Gasteiger partial charge < -0.3 is 20.5 Å². The Kier molecular flexibility index (Phi) is 10.4. The first kappa shape index (κ1) is 29.7. The Morgan fingerprint density at radius 3 is 2.26 bits per heavy atom. The second-order valence-electron chi connectivity index (χ2n) is 9.56. The van der Waals surface area contributed by atoms with Crippen molar-refractivity contribution in [3.63, 3.8) is 0 Å². The minimum Gasteiger partial charge on any atom is -0.445 e. The minimum atomic E-state index is -4.82. The van der Waals surface area contributed by atoms with Gasteiger partial charge in [0.05, 0.1) is 12.1 Å². The largest absolute Gasteiger partial charge is 0.521 e. The average molecular weight is 548 g/mol. The fourth-order valence-electron chi connectivity index (χ4n) is 4.79. The number of ether oxygens (including phenoxy) is 1. The summed E-state index contributed by atoms with van der Waals surface area (Å²) in [6, 6.07) is 16.2. The quantitative estimate of drug-likeness (QED) is 0.153. The highest BCUT2D eigenvalue weighted by atomic mass is 31.2. The first-order valence-corrected chi connectivity index (χ1v) is 14.4. The van der Waals surface area contributed by atoms with Crippen LogP contribution in [0.4, 0.5) is 4.79 Å². The van der Waals surface area contributed by atoms with E-state index >= 15 is 0 Å². The number of esters is 1. The molecule has 2 amide bonds. The normalized spacial score (nSPS) is 22.2. The molecule has 5 atom stereocenters. The summed E-state index contributed by atoms with van der Waals surface area (Å²) in [6.45, 7) is 2.07. The maximum absolute atomic E-state index is 13.7. The molecule has 4 N–H and O–H groups in total. The molecule has 2 aromatic carbocycles. The van der Waals surface area contributed by atoms with Crippen LogP contribution in [0.5, 0.6) is 0 Å². The van der Waals surface area contributed by atoms with Crippen LogP contribution in [0.1, 0.15) is 54.9 Å². The van der Waals surface area contributed by atoms with E-state index in [9.17, 15) is 28.9 Å². The molecule has 206 valence electrons. The number of hydrogen-bond acceptors (Lipinski definition) is 7. The second kappa shape index (κ2) is 13.3. The van der Waals surface area contributed by atoms with E-state index in [1.54, 1.807) is 55.5 Å². The van der Waals surface area contributed by atoms with E-state index in [-0.39, 0.29) is 24.9 Å². The maximum Gasteiger partial charge on any atom is 0.521 e. The van der Waals surface area contributed by atoms with Gasteiger partial charge in [-0.25, -0.2) is 9.59 Å². The SMILES string of the molecule is C[C@@H]1CCC[N+]1(C(=O)O)C(=O)C(CCCCN)OP(=O)(O)[C@@H](Cc1ccccc1)OC(=O)c1ccccc1. The molecule has 11 heteroatoms. The molecule has 0 saturated carbocycles. The summed E-state index contributed by atoms with van der Waals surface area (Å²) in [4.78, 5) is 50.0. The number of carboxylic acid groups (broad SMARTS) is 1. The van der Waals surface area contributed by atoms with Crippen molar-refractivity contribution in [2.75, 3.05) is 13.1 Å². The van der Waals surface area contributed by atoms with Crippen LogP contribution in [0.25, 0.3) is 0 Å². The van der Waals surface area contributed by atoms with Crippen molar-refractivity contribution in [1.29, 1.82) is 0 Å². The summed E-state index contributed by atoms with van der Waals surface area (Å²) in [7, 11) is -4.82. The molecule has 1 saturated heterocycles. The van der Waals surface area contributed by atoms with Gasteiger partial charge in [-0.05, 0) is 50.4 Å². The lowest BCUT2D eigenvalue weighted by Crippen LogP contribution is -2.62. The van der Waals surface area contributed by atoms with Crippen molar-refractivity contribution in [2.45, 2.75) is 63.4 Å². The van der Waals surface area contributed by atoms with Crippen LogP contribution in [0.15, 0.2) is 60.7 Å². The van der Waals surface area contributed by atoms with Crippen LogP contribution >= 0.6 is 7.60 Å². The predicted octanol–water partition coefficient (Wildman–Crippen LogP) is 4.32. The molecule has 1 aliphatic rings. The first-order valence-electron chi connectivity index (χ1n) is 12.8. The molecule has 0 radical (unpaired) electrons. The zero-order valence-corrected chi connectivity index (χ0v) is 22.4. The average Bonchev–Trinajstić information content (AvgIpc) is 3.30. The maximum atomic E-state index is 13.7. The topological polar surface area (TPSA) is 153 Å². The van der Waals surface area contributed by atoms with Gasteiger partial charge in [-0.2, -0.15) is 9.28 Å². The lowest BCUT2D eigenvalue weighted by molar-refractivity contribution is -0.794. The summed E-state index contributed by atoms with van der Waals surface area (Å²) < 4.78 is 24.0. The molecule has 0 aromatic heterocycles. The van der Waals surface area contributed by atoms with Gasteiger partial charge in [0.2, 0.25) is 5.85 Å². The molecule has 0 bridgehead atoms. The summed E-state index contributed by atoms with van der Waals surface area (Å²) in [5.74, 6) is -3.24. The molecular formula is C27H36N2O8P+. The minimum absolute atomic E-state index is 0.00523. The summed E-state index contributed by atoms with van der Waals surface area (Å²) in [6.07, 6.45) is -1.01. The van der Waals surface area contributed by atoms with E-state index in [2.05, 4.69) is 0 Å². The van der Waals surface area contributed by atoms with E-state index in [0.717, 1.165) is 0 Å². The van der Waals surface area contributed by atoms with E-state index in [4.69, 9.17) is 15.0 Å². The number of benzene rings is 2. The number of hydrogen-bond donors (Lipinski definition) is 3. The monoisotopic (exact) mass is 547 g/mol. The van der Waals surface area contributed by atoms with Gasteiger partial charge in [0.25, 0.3) is 0 Å². The Morgan fingerprint density at radius 2 is 1.71 bits per heavy atom. The number of nitrogens with two attached hydrogens (primary N) is 1. The lowest BCUT2D eigenvalue weighted by atomic mass is 10.1. The molecule has 3 rings (SSSR count). The van der Waals surface area contributed by atoms with Crippen molar-refractivity contribution in [1.82, 2.24) is 0 Å². The third kappa shape index (κ3) is 6.95. The molecule has 0 spiro atoms. The molecular weight excluding hydrogens is 511 g/mol. The number of unbranched alkanes of at least 4 members (excludes halogenated alkanes) is 1. The van der Waals surface area contributed by atoms with Gasteiger partial charge in [-0.1, -0.05) is 48.5 Å². The van der Waals surface area contributed by atoms with E-state index in [1.165, 1.54) is 12.1 Å². The standard InChI is InChI=1S/C27H35N2O8P/c1-20-11-10-18-29(20,27(32)33)25(30)23(16-8-9-17-28)37-38(34,35)24(19-21-12-4-2-5-13-21)36-26(31)22-14-6-3-7-15-22/h2-7,12-15,20,23-24H,8-11,16-19,28H2,1H3,(H-,32,33,34,35)/p+1/t20-,23?,24+,29?/m1/s1. The Labute approximate surface area is 222 Å². The Bertz CT molecular complexity index is 1150. The number of rotatable bonds is 12. The van der Waals surface area contributed by atoms with Gasteiger partial charge in [-0.15, -0.1) is 0 Å². The van der Waals surface area contributed by atoms with Crippen LogP contribution < -0.4 is 5.73 Å². The molecule has 1 aliphatic heterocycles. The first-order chi connectivity index (χ1) is 18.1. The summed E-state index contributed by atoms with van der Waals surface area (Å²) in [5, 5.41) is 10.0. The van der Waals surface area contributed by atoms with Crippen molar-refractivity contribution >= 4 is 25.6 Å². The molecule has 10 nitrogen and oxygen atoms in total. The fourth-order valence-corrected chi connectivity index (χ4v) is 6.16. The third-order valence-corrected chi connectivity index (χ3v) is 8.54. The van der Waals surface area contributed by atoms with Crippen molar-refractivity contribution in [3.05, 3.63) is 71.8 Å². The molecule has 3 unspecified atom stereocenters. The summed E-state index contributed by atoms with van der Waals surface area (Å²) >= 11 is 0. The molecule has 1 heterocycles. The van der Waals surface area contributed by atoms with Gasteiger partial charge in [0, 0.05) is 19.3 Å². The molecule has 2 aromatic rings. The van der Waals surface area contributed by atoms with Crippen LogP contribution in [0.2, 0.25) is 0 Å². The van der Waals surface area contributed by atoms with Crippen LogP contribution in [-0.4, -0.2) is 63.5 Å².